The van der Waals surface area contributed by atoms with Gasteiger partial charge in [-0.25, -0.2) is 9.78 Å². The maximum Gasteiger partial charge on any atom is 0.338 e. The molecule has 4 nitrogen and oxygen atoms in total. The minimum absolute atomic E-state index is 0.0912. The van der Waals surface area contributed by atoms with Crippen molar-refractivity contribution in [1.29, 1.82) is 0 Å². The number of hydrogen-bond donors (Lipinski definition) is 0. The summed E-state index contributed by atoms with van der Waals surface area (Å²) in [5.74, 6) is 0.828. The van der Waals surface area contributed by atoms with E-state index in [0.717, 1.165) is 16.7 Å². The first kappa shape index (κ1) is 16.0. The smallest absolute Gasteiger partial charge is 0.338 e. The predicted molar refractivity (Wildman–Crippen MR) is 91.7 cm³/mol. The number of esters is 1. The molecule has 0 saturated carbocycles. The van der Waals surface area contributed by atoms with Gasteiger partial charge in [-0.3, -0.25) is 0 Å². The Bertz CT molecular complexity index is 866. The van der Waals surface area contributed by atoms with E-state index in [0.29, 0.717) is 22.9 Å². The monoisotopic (exact) mass is 321 g/mol. The van der Waals surface area contributed by atoms with Crippen molar-refractivity contribution < 1.29 is 13.9 Å². The Hall–Kier alpha value is -2.88. The Kier molecular flexibility index (Phi) is 4.47. The molecule has 1 heterocycles. The molecular formula is C20H19NO3. The van der Waals surface area contributed by atoms with Gasteiger partial charge in [0, 0.05) is 5.56 Å². The van der Waals surface area contributed by atoms with Crippen LogP contribution in [0, 0.1) is 20.8 Å². The Labute approximate surface area is 141 Å². The van der Waals surface area contributed by atoms with Crippen LogP contribution in [0.4, 0.5) is 0 Å². The molecule has 1 aromatic heterocycles. The summed E-state index contributed by atoms with van der Waals surface area (Å²) in [5, 5.41) is 0. The van der Waals surface area contributed by atoms with Crippen molar-refractivity contribution in [2.75, 3.05) is 0 Å². The normalized spacial score (nSPS) is 10.6. The summed E-state index contributed by atoms with van der Waals surface area (Å²) in [6.45, 7) is 5.89. The standard InChI is InChI=1S/C20H19NO3/c1-13-9-10-17(11-14(13)2)20(22)23-12-18-15(3)24-19(21-18)16-7-5-4-6-8-16/h4-11H,12H2,1-3H3. The molecule has 0 aliphatic carbocycles. The van der Waals surface area contributed by atoms with E-state index in [1.807, 2.05) is 63.2 Å². The first-order chi connectivity index (χ1) is 11.5. The molecular weight excluding hydrogens is 302 g/mol. The van der Waals surface area contributed by atoms with E-state index < -0.39 is 0 Å². The Morgan fingerprint density at radius 3 is 2.50 bits per heavy atom. The fourth-order valence-electron chi connectivity index (χ4n) is 2.35. The summed E-state index contributed by atoms with van der Waals surface area (Å²) in [7, 11) is 0. The second kappa shape index (κ2) is 6.71. The second-order valence-corrected chi connectivity index (χ2v) is 5.76. The minimum atomic E-state index is -0.359. The first-order valence-corrected chi connectivity index (χ1v) is 7.80. The van der Waals surface area contributed by atoms with Gasteiger partial charge in [-0.15, -0.1) is 0 Å². The highest BCUT2D eigenvalue weighted by molar-refractivity contribution is 5.89. The van der Waals surface area contributed by atoms with Crippen LogP contribution >= 0.6 is 0 Å². The van der Waals surface area contributed by atoms with Crippen LogP contribution in [0.3, 0.4) is 0 Å². The topological polar surface area (TPSA) is 52.3 Å². The van der Waals surface area contributed by atoms with Gasteiger partial charge >= 0.3 is 5.97 Å². The van der Waals surface area contributed by atoms with E-state index >= 15 is 0 Å². The third kappa shape index (κ3) is 3.38. The van der Waals surface area contributed by atoms with Crippen LogP contribution in [0.1, 0.15) is 32.9 Å². The highest BCUT2D eigenvalue weighted by atomic mass is 16.5. The summed E-state index contributed by atoms with van der Waals surface area (Å²) in [5.41, 5.74) is 4.28. The molecule has 0 atom stereocenters. The van der Waals surface area contributed by atoms with Crippen LogP contribution in [-0.4, -0.2) is 11.0 Å². The van der Waals surface area contributed by atoms with E-state index in [9.17, 15) is 4.79 Å². The molecule has 0 amide bonds. The highest BCUT2D eigenvalue weighted by Crippen LogP contribution is 2.22. The van der Waals surface area contributed by atoms with E-state index in [1.165, 1.54) is 0 Å². The maximum absolute atomic E-state index is 12.2. The molecule has 0 saturated heterocycles. The predicted octanol–water partition coefficient (Wildman–Crippen LogP) is 4.62. The fourth-order valence-corrected chi connectivity index (χ4v) is 2.35. The molecule has 0 aliphatic rings. The SMILES string of the molecule is Cc1ccc(C(=O)OCc2nc(-c3ccccc3)oc2C)cc1C. The fraction of sp³-hybridized carbons (Fsp3) is 0.200. The molecule has 122 valence electrons. The van der Waals surface area contributed by atoms with Gasteiger partial charge in [0.25, 0.3) is 0 Å². The van der Waals surface area contributed by atoms with Gasteiger partial charge in [-0.05, 0) is 56.2 Å². The lowest BCUT2D eigenvalue weighted by molar-refractivity contribution is 0.0467. The van der Waals surface area contributed by atoms with Crippen LogP contribution in [0.5, 0.6) is 0 Å². The molecule has 0 unspecified atom stereocenters. The first-order valence-electron chi connectivity index (χ1n) is 7.80. The van der Waals surface area contributed by atoms with Gasteiger partial charge in [-0.2, -0.15) is 0 Å². The summed E-state index contributed by atoms with van der Waals surface area (Å²) < 4.78 is 11.0. The van der Waals surface area contributed by atoms with Crippen molar-refractivity contribution in [3.05, 3.63) is 76.7 Å². The Morgan fingerprint density at radius 2 is 1.79 bits per heavy atom. The number of oxazole rings is 1. The van der Waals surface area contributed by atoms with Crippen molar-refractivity contribution >= 4 is 5.97 Å². The number of aryl methyl sites for hydroxylation is 3. The van der Waals surface area contributed by atoms with Gasteiger partial charge < -0.3 is 9.15 Å². The van der Waals surface area contributed by atoms with Crippen LogP contribution < -0.4 is 0 Å². The summed E-state index contributed by atoms with van der Waals surface area (Å²) in [6.07, 6.45) is 0. The molecule has 0 radical (unpaired) electrons. The molecule has 0 bridgehead atoms. The van der Waals surface area contributed by atoms with Gasteiger partial charge in [-0.1, -0.05) is 24.3 Å². The molecule has 0 fully saturated rings. The quantitative estimate of drug-likeness (QED) is 0.658. The second-order valence-electron chi connectivity index (χ2n) is 5.76. The Morgan fingerprint density at radius 1 is 1.04 bits per heavy atom. The number of rotatable bonds is 4. The third-order valence-corrected chi connectivity index (χ3v) is 4.00. The van der Waals surface area contributed by atoms with Gasteiger partial charge in [0.15, 0.2) is 0 Å². The summed E-state index contributed by atoms with van der Waals surface area (Å²) in [4.78, 5) is 16.6. The van der Waals surface area contributed by atoms with E-state index in [1.54, 1.807) is 6.07 Å². The van der Waals surface area contributed by atoms with Crippen molar-refractivity contribution in [3.63, 3.8) is 0 Å². The molecule has 0 aliphatic heterocycles. The number of hydrogen-bond acceptors (Lipinski definition) is 4. The molecule has 3 rings (SSSR count). The van der Waals surface area contributed by atoms with Gasteiger partial charge in [0.1, 0.15) is 18.1 Å². The number of carbonyl (C=O) groups is 1. The van der Waals surface area contributed by atoms with Crippen LogP contribution in [0.2, 0.25) is 0 Å². The van der Waals surface area contributed by atoms with Gasteiger partial charge in [0.05, 0.1) is 5.56 Å². The van der Waals surface area contributed by atoms with Crippen LogP contribution in [0.25, 0.3) is 11.5 Å². The number of carbonyl (C=O) groups excluding carboxylic acids is 1. The van der Waals surface area contributed by atoms with E-state index in [-0.39, 0.29) is 12.6 Å². The van der Waals surface area contributed by atoms with Gasteiger partial charge in [0.2, 0.25) is 5.89 Å². The minimum Gasteiger partial charge on any atom is -0.455 e. The zero-order valence-electron chi connectivity index (χ0n) is 14.0. The average Bonchev–Trinajstić information content (AvgIpc) is 2.97. The zero-order valence-corrected chi connectivity index (χ0v) is 14.0. The number of nitrogens with zero attached hydrogens (tertiary/aromatic N) is 1. The van der Waals surface area contributed by atoms with Crippen molar-refractivity contribution in [2.45, 2.75) is 27.4 Å². The molecule has 3 aromatic rings. The number of ether oxygens (including phenoxy) is 1. The highest BCUT2D eigenvalue weighted by Gasteiger charge is 2.14. The molecule has 2 aromatic carbocycles. The van der Waals surface area contributed by atoms with Crippen LogP contribution in [-0.2, 0) is 11.3 Å². The molecule has 0 N–H and O–H groups in total. The molecule has 24 heavy (non-hydrogen) atoms. The average molecular weight is 321 g/mol. The summed E-state index contributed by atoms with van der Waals surface area (Å²) >= 11 is 0. The van der Waals surface area contributed by atoms with Crippen molar-refractivity contribution in [1.82, 2.24) is 4.98 Å². The van der Waals surface area contributed by atoms with Crippen molar-refractivity contribution in [2.24, 2.45) is 0 Å². The lowest BCUT2D eigenvalue weighted by Gasteiger charge is -2.05. The van der Waals surface area contributed by atoms with E-state index in [4.69, 9.17) is 9.15 Å². The maximum atomic E-state index is 12.2. The largest absolute Gasteiger partial charge is 0.455 e. The van der Waals surface area contributed by atoms with E-state index in [2.05, 4.69) is 4.98 Å². The third-order valence-electron chi connectivity index (χ3n) is 4.00. The number of benzene rings is 2. The molecule has 0 spiro atoms. The molecule has 4 heteroatoms. The lowest BCUT2D eigenvalue weighted by Crippen LogP contribution is -2.06. The number of aromatic nitrogens is 1. The lowest BCUT2D eigenvalue weighted by atomic mass is 10.1. The van der Waals surface area contributed by atoms with Crippen LogP contribution in [0.15, 0.2) is 52.9 Å². The zero-order chi connectivity index (χ0) is 17.1. The Balaban J connectivity index is 1.71. The van der Waals surface area contributed by atoms with Crippen molar-refractivity contribution in [3.8, 4) is 11.5 Å². The summed E-state index contributed by atoms with van der Waals surface area (Å²) in [6, 6.07) is 15.2.